The van der Waals surface area contributed by atoms with E-state index in [0.717, 1.165) is 5.56 Å². The largest absolute Gasteiger partial charge is 0.542 e. The normalized spacial score (nSPS) is 10.1. The van der Waals surface area contributed by atoms with Crippen molar-refractivity contribution in [2.24, 2.45) is 0 Å². The van der Waals surface area contributed by atoms with Crippen LogP contribution in [-0.2, 0) is 22.6 Å². The summed E-state index contributed by atoms with van der Waals surface area (Å²) in [4.78, 5) is 32.0. The molecule has 118 valence electrons. The zero-order valence-electron chi connectivity index (χ0n) is 11.9. The summed E-state index contributed by atoms with van der Waals surface area (Å²) in [6.07, 6.45) is -0.624. The quantitative estimate of drug-likeness (QED) is 0.429. The number of nitro groups is 1. The van der Waals surface area contributed by atoms with Gasteiger partial charge in [0, 0.05) is 18.1 Å². The first kappa shape index (κ1) is 16.2. The third-order valence-corrected chi connectivity index (χ3v) is 3.07. The van der Waals surface area contributed by atoms with Crippen molar-refractivity contribution in [2.45, 2.75) is 13.0 Å². The van der Waals surface area contributed by atoms with E-state index in [4.69, 9.17) is 4.74 Å². The number of ketones is 1. The molecule has 0 spiro atoms. The number of benzene rings is 2. The second-order valence-electron chi connectivity index (χ2n) is 4.71. The number of aliphatic carboxylic acids is 1. The fourth-order valence-electron chi connectivity index (χ4n) is 1.96. The van der Waals surface area contributed by atoms with Gasteiger partial charge in [-0.3, -0.25) is 14.9 Å². The number of hydrogen-bond acceptors (Lipinski definition) is 6. The Morgan fingerprint density at radius 1 is 1.09 bits per heavy atom. The van der Waals surface area contributed by atoms with Crippen molar-refractivity contribution in [3.05, 3.63) is 69.8 Å². The number of carboxylic acids is 1. The van der Waals surface area contributed by atoms with Crippen LogP contribution in [0.25, 0.3) is 0 Å². The molecule has 0 aromatic heterocycles. The van der Waals surface area contributed by atoms with Gasteiger partial charge in [-0.1, -0.05) is 30.3 Å². The van der Waals surface area contributed by atoms with Crippen molar-refractivity contribution < 1.29 is 24.4 Å². The van der Waals surface area contributed by atoms with Crippen LogP contribution in [0.1, 0.15) is 11.1 Å². The summed E-state index contributed by atoms with van der Waals surface area (Å²) < 4.78 is 5.51. The number of ether oxygens (including phenoxy) is 1. The number of rotatable bonds is 7. The summed E-state index contributed by atoms with van der Waals surface area (Å²) >= 11 is 0. The molecule has 2 aromatic carbocycles. The molecule has 7 nitrogen and oxygen atoms in total. The van der Waals surface area contributed by atoms with Gasteiger partial charge in [0.05, 0.1) is 4.92 Å². The summed E-state index contributed by atoms with van der Waals surface area (Å²) in [6, 6.07) is 13.1. The van der Waals surface area contributed by atoms with Crippen LogP contribution in [0, 0.1) is 10.1 Å². The van der Waals surface area contributed by atoms with E-state index in [1.165, 1.54) is 18.2 Å². The van der Waals surface area contributed by atoms with E-state index in [1.807, 2.05) is 30.3 Å². The molecule has 2 aromatic rings. The zero-order chi connectivity index (χ0) is 16.8. The van der Waals surface area contributed by atoms with Crippen molar-refractivity contribution in [3.63, 3.8) is 0 Å². The summed E-state index contributed by atoms with van der Waals surface area (Å²) in [6.45, 7) is 0.243. The van der Waals surface area contributed by atoms with E-state index < -0.39 is 23.1 Å². The maximum absolute atomic E-state index is 11.3. The average molecular weight is 314 g/mol. The van der Waals surface area contributed by atoms with E-state index in [2.05, 4.69) is 0 Å². The Morgan fingerprint density at radius 2 is 1.78 bits per heavy atom. The molecule has 0 radical (unpaired) electrons. The number of carboxylic acid groups (broad SMARTS) is 1. The lowest BCUT2D eigenvalue weighted by Crippen LogP contribution is -2.32. The fourth-order valence-corrected chi connectivity index (χ4v) is 1.96. The molecule has 0 bridgehead atoms. The van der Waals surface area contributed by atoms with E-state index in [1.54, 1.807) is 0 Å². The number of hydrogen-bond donors (Lipinski definition) is 0. The molecule has 0 unspecified atom stereocenters. The van der Waals surface area contributed by atoms with Crippen LogP contribution in [0.5, 0.6) is 5.75 Å². The molecule has 0 amide bonds. The van der Waals surface area contributed by atoms with Crippen molar-refractivity contribution in [1.82, 2.24) is 0 Å². The third kappa shape index (κ3) is 4.37. The SMILES string of the molecule is O=C([O-])C(=O)Cc1cc(OCc2ccccc2)ccc1[N+](=O)[O-]. The molecule has 0 aliphatic rings. The molecular formula is C16H12NO6-. The number of carbonyl (C=O) groups is 2. The maximum atomic E-state index is 11.3. The predicted octanol–water partition coefficient (Wildman–Crippen LogP) is 1.04. The summed E-state index contributed by atoms with van der Waals surface area (Å²) in [7, 11) is 0. The van der Waals surface area contributed by atoms with Gasteiger partial charge in [0.1, 0.15) is 18.3 Å². The van der Waals surface area contributed by atoms with Gasteiger partial charge in [-0.05, 0) is 17.7 Å². The average Bonchev–Trinajstić information content (AvgIpc) is 2.53. The Bertz CT molecular complexity index is 741. The number of nitro benzene ring substituents is 1. The van der Waals surface area contributed by atoms with Crippen molar-refractivity contribution >= 4 is 17.4 Å². The van der Waals surface area contributed by atoms with Crippen LogP contribution in [-0.4, -0.2) is 16.7 Å². The topological polar surface area (TPSA) is 110 Å². The van der Waals surface area contributed by atoms with Crippen LogP contribution in [0.15, 0.2) is 48.5 Å². The van der Waals surface area contributed by atoms with Gasteiger partial charge in [-0.2, -0.15) is 0 Å². The molecule has 0 atom stereocenters. The van der Waals surface area contributed by atoms with E-state index in [-0.39, 0.29) is 17.9 Å². The van der Waals surface area contributed by atoms with E-state index in [0.29, 0.717) is 5.75 Å². The van der Waals surface area contributed by atoms with Crippen molar-refractivity contribution in [2.75, 3.05) is 0 Å². The summed E-state index contributed by atoms with van der Waals surface area (Å²) in [5.41, 5.74) is 0.527. The highest BCUT2D eigenvalue weighted by molar-refractivity contribution is 6.32. The van der Waals surface area contributed by atoms with Gasteiger partial charge in [-0.15, -0.1) is 0 Å². The van der Waals surface area contributed by atoms with Crippen LogP contribution in [0.2, 0.25) is 0 Å². The molecule has 23 heavy (non-hydrogen) atoms. The fraction of sp³-hybridized carbons (Fsp3) is 0.125. The molecule has 0 saturated carbocycles. The molecule has 0 saturated heterocycles. The Balaban J connectivity index is 2.19. The number of Topliss-reactive ketones (excluding diaryl/α,β-unsaturated/α-hetero) is 1. The monoisotopic (exact) mass is 314 g/mol. The summed E-state index contributed by atoms with van der Waals surface area (Å²) in [5.74, 6) is -2.80. The lowest BCUT2D eigenvalue weighted by molar-refractivity contribution is -0.385. The van der Waals surface area contributed by atoms with Crippen molar-refractivity contribution in [3.8, 4) is 5.75 Å². The first-order valence-corrected chi connectivity index (χ1v) is 6.65. The molecular weight excluding hydrogens is 302 g/mol. The zero-order valence-corrected chi connectivity index (χ0v) is 11.9. The highest BCUT2D eigenvalue weighted by Gasteiger charge is 2.18. The molecule has 7 heteroatoms. The minimum atomic E-state index is -1.88. The molecule has 0 N–H and O–H groups in total. The van der Waals surface area contributed by atoms with Gasteiger partial charge in [-0.25, -0.2) is 0 Å². The number of nitrogens with zero attached hydrogens (tertiary/aromatic N) is 1. The minimum absolute atomic E-state index is 0.0326. The van der Waals surface area contributed by atoms with Gasteiger partial charge in [0.25, 0.3) is 5.69 Å². The van der Waals surface area contributed by atoms with E-state index >= 15 is 0 Å². The smallest absolute Gasteiger partial charge is 0.273 e. The van der Waals surface area contributed by atoms with Gasteiger partial charge < -0.3 is 14.6 Å². The predicted molar refractivity (Wildman–Crippen MR) is 77.6 cm³/mol. The first-order valence-electron chi connectivity index (χ1n) is 6.65. The van der Waals surface area contributed by atoms with Crippen LogP contribution < -0.4 is 9.84 Å². The molecule has 0 aliphatic carbocycles. The van der Waals surface area contributed by atoms with E-state index in [9.17, 15) is 24.8 Å². The second kappa shape index (κ2) is 7.17. The standard InChI is InChI=1S/C16H13NO6/c18-15(16(19)20)9-12-8-13(6-7-14(12)17(21)22)23-10-11-4-2-1-3-5-11/h1-8H,9-10H2,(H,19,20)/p-1. The highest BCUT2D eigenvalue weighted by atomic mass is 16.6. The van der Waals surface area contributed by atoms with Crippen molar-refractivity contribution in [1.29, 1.82) is 0 Å². The Morgan fingerprint density at radius 3 is 2.39 bits per heavy atom. The Kier molecular flexibility index (Phi) is 5.03. The van der Waals surface area contributed by atoms with Gasteiger partial charge in [0.2, 0.25) is 0 Å². The lowest BCUT2D eigenvalue weighted by Gasteiger charge is -2.09. The number of carbonyl (C=O) groups excluding carboxylic acids is 2. The van der Waals surface area contributed by atoms with Gasteiger partial charge in [0.15, 0.2) is 5.78 Å². The molecule has 0 heterocycles. The maximum Gasteiger partial charge on any atom is 0.273 e. The highest BCUT2D eigenvalue weighted by Crippen LogP contribution is 2.25. The van der Waals surface area contributed by atoms with Gasteiger partial charge >= 0.3 is 0 Å². The third-order valence-electron chi connectivity index (χ3n) is 3.07. The molecule has 2 rings (SSSR count). The minimum Gasteiger partial charge on any atom is -0.542 e. The Labute approximate surface area is 131 Å². The molecule has 0 fully saturated rings. The molecule has 0 aliphatic heterocycles. The Hall–Kier alpha value is -3.22. The second-order valence-corrected chi connectivity index (χ2v) is 4.71. The van der Waals surface area contributed by atoms with Crippen LogP contribution >= 0.6 is 0 Å². The first-order chi connectivity index (χ1) is 11.0. The summed E-state index contributed by atoms with van der Waals surface area (Å²) in [5, 5.41) is 21.5. The lowest BCUT2D eigenvalue weighted by atomic mass is 10.1. The van der Waals surface area contributed by atoms with Crippen LogP contribution in [0.4, 0.5) is 5.69 Å². The van der Waals surface area contributed by atoms with Crippen LogP contribution in [0.3, 0.4) is 0 Å².